The SMILES string of the molecule is CCNC(=O)C(CC)N(Cc1cccc(C)c1)C(=O)CN(c1cccc(Br)c1)S(=O)(=O)c1ccccc1. The molecular weight excluding hydrogens is 554 g/mol. The van der Waals surface area contributed by atoms with E-state index in [9.17, 15) is 18.0 Å². The molecule has 0 spiro atoms. The molecule has 2 amide bonds. The first kappa shape index (κ1) is 28.4. The fourth-order valence-electron chi connectivity index (χ4n) is 4.10. The average molecular weight is 587 g/mol. The smallest absolute Gasteiger partial charge is 0.264 e. The van der Waals surface area contributed by atoms with Crippen molar-refractivity contribution in [1.29, 1.82) is 0 Å². The van der Waals surface area contributed by atoms with Crippen molar-refractivity contribution in [2.24, 2.45) is 0 Å². The molecule has 3 aromatic carbocycles. The van der Waals surface area contributed by atoms with Crippen LogP contribution in [-0.2, 0) is 26.2 Å². The Morgan fingerprint density at radius 2 is 1.65 bits per heavy atom. The van der Waals surface area contributed by atoms with Crippen LogP contribution in [0, 0.1) is 6.92 Å². The van der Waals surface area contributed by atoms with Gasteiger partial charge in [0.2, 0.25) is 11.8 Å². The third-order valence-electron chi connectivity index (χ3n) is 5.88. The summed E-state index contributed by atoms with van der Waals surface area (Å²) in [6, 6.07) is 21.7. The highest BCUT2D eigenvalue weighted by molar-refractivity contribution is 9.10. The van der Waals surface area contributed by atoms with E-state index in [1.165, 1.54) is 17.0 Å². The summed E-state index contributed by atoms with van der Waals surface area (Å²) in [5, 5.41) is 2.81. The van der Waals surface area contributed by atoms with Crippen LogP contribution in [0.3, 0.4) is 0 Å². The van der Waals surface area contributed by atoms with E-state index in [4.69, 9.17) is 0 Å². The zero-order valence-corrected chi connectivity index (χ0v) is 23.6. The number of hydrogen-bond acceptors (Lipinski definition) is 4. The van der Waals surface area contributed by atoms with Crippen LogP contribution in [0.15, 0.2) is 88.2 Å². The van der Waals surface area contributed by atoms with Gasteiger partial charge in [-0.15, -0.1) is 0 Å². The first-order chi connectivity index (χ1) is 17.7. The van der Waals surface area contributed by atoms with Crippen molar-refractivity contribution >= 4 is 43.5 Å². The maximum absolute atomic E-state index is 13.9. The maximum atomic E-state index is 13.9. The van der Waals surface area contributed by atoms with Gasteiger partial charge in [0.1, 0.15) is 12.6 Å². The molecule has 0 aliphatic rings. The van der Waals surface area contributed by atoms with Crippen LogP contribution >= 0.6 is 15.9 Å². The summed E-state index contributed by atoms with van der Waals surface area (Å²) in [6.45, 7) is 5.75. The Hall–Kier alpha value is -3.17. The van der Waals surface area contributed by atoms with E-state index in [2.05, 4.69) is 21.2 Å². The van der Waals surface area contributed by atoms with E-state index in [1.54, 1.807) is 42.5 Å². The second-order valence-corrected chi connectivity index (χ2v) is 11.4. The number of amides is 2. The van der Waals surface area contributed by atoms with Gasteiger partial charge in [-0.3, -0.25) is 13.9 Å². The highest BCUT2D eigenvalue weighted by Crippen LogP contribution is 2.27. The largest absolute Gasteiger partial charge is 0.355 e. The Labute approximate surface area is 227 Å². The lowest BCUT2D eigenvalue weighted by atomic mass is 10.1. The number of rotatable bonds is 11. The minimum atomic E-state index is -4.08. The molecule has 3 aromatic rings. The van der Waals surface area contributed by atoms with Gasteiger partial charge >= 0.3 is 0 Å². The first-order valence-electron chi connectivity index (χ1n) is 12.1. The van der Waals surface area contributed by atoms with E-state index in [1.807, 2.05) is 45.0 Å². The molecule has 1 unspecified atom stereocenters. The van der Waals surface area contributed by atoms with Crippen LogP contribution in [0.2, 0.25) is 0 Å². The summed E-state index contributed by atoms with van der Waals surface area (Å²) in [5.41, 5.74) is 2.22. The van der Waals surface area contributed by atoms with Crippen LogP contribution in [0.25, 0.3) is 0 Å². The van der Waals surface area contributed by atoms with Crippen molar-refractivity contribution in [3.05, 3.63) is 94.5 Å². The molecule has 0 fully saturated rings. The highest BCUT2D eigenvalue weighted by Gasteiger charge is 2.33. The normalized spacial score (nSPS) is 12.0. The second kappa shape index (κ2) is 12.9. The maximum Gasteiger partial charge on any atom is 0.264 e. The molecule has 196 valence electrons. The quantitative estimate of drug-likeness (QED) is 0.347. The number of likely N-dealkylation sites (N-methyl/N-ethyl adjacent to an activating group) is 1. The van der Waals surface area contributed by atoms with Gasteiger partial charge in [0, 0.05) is 17.6 Å². The molecule has 1 atom stereocenters. The Kier molecular flexibility index (Phi) is 9.88. The number of sulfonamides is 1. The van der Waals surface area contributed by atoms with Crippen LogP contribution in [0.5, 0.6) is 0 Å². The van der Waals surface area contributed by atoms with Gasteiger partial charge in [0.15, 0.2) is 0 Å². The molecule has 9 heteroatoms. The zero-order valence-electron chi connectivity index (χ0n) is 21.2. The summed E-state index contributed by atoms with van der Waals surface area (Å²) in [4.78, 5) is 28.4. The van der Waals surface area contributed by atoms with Gasteiger partial charge in [-0.05, 0) is 56.2 Å². The standard InChI is InChI=1S/C28H32BrN3O4S/c1-4-26(28(34)30-5-2)31(19-22-12-9-11-21(3)17-22)27(33)20-32(24-14-10-13-23(29)18-24)37(35,36)25-15-7-6-8-16-25/h6-18,26H,4-5,19-20H2,1-3H3,(H,30,34). The Balaban J connectivity index is 2.05. The van der Waals surface area contributed by atoms with Crippen LogP contribution < -0.4 is 9.62 Å². The van der Waals surface area contributed by atoms with Crippen molar-refractivity contribution in [2.75, 3.05) is 17.4 Å². The molecule has 37 heavy (non-hydrogen) atoms. The highest BCUT2D eigenvalue weighted by atomic mass is 79.9. The Morgan fingerprint density at radius 1 is 0.946 bits per heavy atom. The van der Waals surface area contributed by atoms with Gasteiger partial charge in [-0.1, -0.05) is 76.9 Å². The first-order valence-corrected chi connectivity index (χ1v) is 14.4. The topological polar surface area (TPSA) is 86.8 Å². The van der Waals surface area contributed by atoms with E-state index in [0.717, 1.165) is 15.4 Å². The lowest BCUT2D eigenvalue weighted by Gasteiger charge is -2.33. The number of hydrogen-bond donors (Lipinski definition) is 1. The summed E-state index contributed by atoms with van der Waals surface area (Å²) in [6.07, 6.45) is 0.381. The van der Waals surface area contributed by atoms with Crippen molar-refractivity contribution in [3.8, 4) is 0 Å². The molecular formula is C28H32BrN3O4S. The van der Waals surface area contributed by atoms with Crippen LogP contribution in [0.4, 0.5) is 5.69 Å². The Morgan fingerprint density at radius 3 is 2.27 bits per heavy atom. The van der Waals surface area contributed by atoms with Gasteiger partial charge in [-0.2, -0.15) is 0 Å². The second-order valence-electron chi connectivity index (χ2n) is 8.63. The molecule has 0 saturated carbocycles. The van der Waals surface area contributed by atoms with Crippen molar-refractivity contribution in [2.45, 2.75) is 44.7 Å². The molecule has 1 N–H and O–H groups in total. The summed E-state index contributed by atoms with van der Waals surface area (Å²) < 4.78 is 29.3. The van der Waals surface area contributed by atoms with E-state index in [-0.39, 0.29) is 17.3 Å². The van der Waals surface area contributed by atoms with E-state index in [0.29, 0.717) is 23.1 Å². The van der Waals surface area contributed by atoms with Gasteiger partial charge in [0.25, 0.3) is 10.0 Å². The van der Waals surface area contributed by atoms with Gasteiger partial charge in [0.05, 0.1) is 10.6 Å². The van der Waals surface area contributed by atoms with Crippen LogP contribution in [-0.4, -0.2) is 44.3 Å². The number of nitrogens with one attached hydrogen (secondary N) is 1. The van der Waals surface area contributed by atoms with Crippen molar-refractivity contribution in [3.63, 3.8) is 0 Å². The van der Waals surface area contributed by atoms with Gasteiger partial charge in [-0.25, -0.2) is 8.42 Å². The minimum Gasteiger partial charge on any atom is -0.355 e. The minimum absolute atomic E-state index is 0.0729. The van der Waals surface area contributed by atoms with E-state index >= 15 is 0 Å². The average Bonchev–Trinajstić information content (AvgIpc) is 2.87. The molecule has 0 aromatic heterocycles. The summed E-state index contributed by atoms with van der Waals surface area (Å²) in [5.74, 6) is -0.745. The number of carbonyl (C=O) groups is 2. The van der Waals surface area contributed by atoms with Crippen molar-refractivity contribution < 1.29 is 18.0 Å². The Bertz CT molecular complexity index is 1330. The number of aryl methyl sites for hydroxylation is 1. The molecule has 3 rings (SSSR count). The van der Waals surface area contributed by atoms with Crippen LogP contribution in [0.1, 0.15) is 31.4 Å². The number of halogens is 1. The number of carbonyl (C=O) groups excluding carboxylic acids is 2. The number of benzene rings is 3. The van der Waals surface area contributed by atoms with Gasteiger partial charge < -0.3 is 10.2 Å². The summed E-state index contributed by atoms with van der Waals surface area (Å²) in [7, 11) is -4.08. The molecule has 7 nitrogen and oxygen atoms in total. The molecule has 0 aliphatic carbocycles. The molecule has 0 bridgehead atoms. The monoisotopic (exact) mass is 585 g/mol. The molecule has 0 aliphatic heterocycles. The van der Waals surface area contributed by atoms with E-state index < -0.39 is 28.5 Å². The predicted octanol–water partition coefficient (Wildman–Crippen LogP) is 4.90. The molecule has 0 radical (unpaired) electrons. The third-order valence-corrected chi connectivity index (χ3v) is 8.16. The zero-order chi connectivity index (χ0) is 27.0. The fraction of sp³-hybridized carbons (Fsp3) is 0.286. The summed E-state index contributed by atoms with van der Waals surface area (Å²) >= 11 is 3.40. The van der Waals surface area contributed by atoms with Crippen molar-refractivity contribution in [1.82, 2.24) is 10.2 Å². The fourth-order valence-corrected chi connectivity index (χ4v) is 5.91. The predicted molar refractivity (Wildman–Crippen MR) is 150 cm³/mol. The lowest BCUT2D eigenvalue weighted by molar-refractivity contribution is -0.140. The number of nitrogens with zero attached hydrogens (tertiary/aromatic N) is 2. The molecule has 0 heterocycles. The number of anilines is 1. The molecule has 0 saturated heterocycles. The third kappa shape index (κ3) is 7.20. The lowest BCUT2D eigenvalue weighted by Crippen LogP contribution is -2.52.